The number of hydrogen-bond donors (Lipinski definition) is 1. The second kappa shape index (κ2) is 6.39. The summed E-state index contributed by atoms with van der Waals surface area (Å²) in [5.41, 5.74) is 3.79. The molecule has 1 N–H and O–H groups in total. The first-order valence-corrected chi connectivity index (χ1v) is 6.63. The van der Waals surface area contributed by atoms with Crippen molar-refractivity contribution in [3.05, 3.63) is 65.2 Å². The molecule has 0 spiro atoms. The number of likely N-dealkylation sites (N-methyl/N-ethyl adjacent to an activating group) is 1. The van der Waals surface area contributed by atoms with Crippen molar-refractivity contribution in [3.8, 4) is 5.75 Å². The van der Waals surface area contributed by atoms with Crippen molar-refractivity contribution in [2.24, 2.45) is 0 Å². The van der Waals surface area contributed by atoms with Crippen molar-refractivity contribution in [2.45, 2.75) is 19.9 Å². The number of ether oxygens (including phenoxy) is 1. The zero-order chi connectivity index (χ0) is 13.7. The first kappa shape index (κ1) is 13.6. The van der Waals surface area contributed by atoms with E-state index in [0.29, 0.717) is 6.61 Å². The van der Waals surface area contributed by atoms with Gasteiger partial charge in [-0.15, -0.1) is 0 Å². The first-order chi connectivity index (χ1) is 9.20. The van der Waals surface area contributed by atoms with E-state index in [1.54, 1.807) is 0 Å². The van der Waals surface area contributed by atoms with Crippen molar-refractivity contribution in [1.29, 1.82) is 0 Å². The summed E-state index contributed by atoms with van der Waals surface area (Å²) in [5, 5.41) is 3.32. The fourth-order valence-corrected chi connectivity index (χ4v) is 2.19. The third-order valence-corrected chi connectivity index (χ3v) is 3.32. The summed E-state index contributed by atoms with van der Waals surface area (Å²) in [6.45, 7) is 4.83. The molecule has 2 aromatic rings. The van der Waals surface area contributed by atoms with E-state index in [1.807, 2.05) is 19.2 Å². The third-order valence-electron chi connectivity index (χ3n) is 3.32. The van der Waals surface area contributed by atoms with Gasteiger partial charge in [0.1, 0.15) is 12.4 Å². The SMILES string of the molecule is CNC(COc1cccc(C)c1)c1ccccc1C. The Morgan fingerprint density at radius 1 is 1.05 bits per heavy atom. The fraction of sp³-hybridized carbons (Fsp3) is 0.294. The topological polar surface area (TPSA) is 21.3 Å². The molecule has 0 saturated heterocycles. The molecular formula is C17H21NO. The summed E-state index contributed by atoms with van der Waals surface area (Å²) in [4.78, 5) is 0. The minimum atomic E-state index is 0.210. The van der Waals surface area contributed by atoms with E-state index in [0.717, 1.165) is 5.75 Å². The molecule has 2 nitrogen and oxygen atoms in total. The highest BCUT2D eigenvalue weighted by atomic mass is 16.5. The van der Waals surface area contributed by atoms with Gasteiger partial charge in [-0.25, -0.2) is 0 Å². The quantitative estimate of drug-likeness (QED) is 0.880. The number of hydrogen-bond acceptors (Lipinski definition) is 2. The lowest BCUT2D eigenvalue weighted by atomic mass is 10.0. The second-order valence-electron chi connectivity index (χ2n) is 4.83. The molecule has 1 unspecified atom stereocenters. The normalized spacial score (nSPS) is 12.2. The predicted molar refractivity (Wildman–Crippen MR) is 79.7 cm³/mol. The van der Waals surface area contributed by atoms with Gasteiger partial charge in [-0.3, -0.25) is 0 Å². The van der Waals surface area contributed by atoms with E-state index >= 15 is 0 Å². The van der Waals surface area contributed by atoms with Gasteiger partial charge in [0.2, 0.25) is 0 Å². The molecule has 100 valence electrons. The van der Waals surface area contributed by atoms with Crippen LogP contribution in [0.1, 0.15) is 22.7 Å². The van der Waals surface area contributed by atoms with Gasteiger partial charge in [0.15, 0.2) is 0 Å². The molecule has 0 heterocycles. The van der Waals surface area contributed by atoms with Gasteiger partial charge >= 0.3 is 0 Å². The average Bonchev–Trinajstić information content (AvgIpc) is 2.41. The van der Waals surface area contributed by atoms with E-state index in [1.165, 1.54) is 16.7 Å². The highest BCUT2D eigenvalue weighted by Gasteiger charge is 2.12. The molecule has 2 rings (SSSR count). The number of rotatable bonds is 5. The van der Waals surface area contributed by atoms with Crippen LogP contribution in [0.4, 0.5) is 0 Å². The zero-order valence-corrected chi connectivity index (χ0v) is 11.8. The van der Waals surface area contributed by atoms with Crippen LogP contribution in [0.5, 0.6) is 5.75 Å². The van der Waals surface area contributed by atoms with Crippen LogP contribution in [-0.2, 0) is 0 Å². The third kappa shape index (κ3) is 3.58. The van der Waals surface area contributed by atoms with Crippen LogP contribution >= 0.6 is 0 Å². The minimum absolute atomic E-state index is 0.210. The summed E-state index contributed by atoms with van der Waals surface area (Å²) in [7, 11) is 1.97. The van der Waals surface area contributed by atoms with Gasteiger partial charge in [-0.2, -0.15) is 0 Å². The number of nitrogens with one attached hydrogen (secondary N) is 1. The monoisotopic (exact) mass is 255 g/mol. The van der Waals surface area contributed by atoms with Gasteiger partial charge in [0.25, 0.3) is 0 Å². The standard InChI is InChI=1S/C17H21NO/c1-13-7-6-9-15(11-13)19-12-17(18-3)16-10-5-4-8-14(16)2/h4-11,17-18H,12H2,1-3H3. The maximum Gasteiger partial charge on any atom is 0.119 e. The number of aryl methyl sites for hydroxylation is 2. The van der Waals surface area contributed by atoms with E-state index < -0.39 is 0 Å². The second-order valence-corrected chi connectivity index (χ2v) is 4.83. The molecule has 0 aliphatic heterocycles. The zero-order valence-electron chi connectivity index (χ0n) is 11.8. The predicted octanol–water partition coefficient (Wildman–Crippen LogP) is 3.64. The summed E-state index contributed by atoms with van der Waals surface area (Å²) in [5.74, 6) is 0.925. The van der Waals surface area contributed by atoms with Crippen LogP contribution in [0.2, 0.25) is 0 Å². The molecule has 0 radical (unpaired) electrons. The van der Waals surface area contributed by atoms with Gasteiger partial charge in [-0.05, 0) is 49.7 Å². The molecule has 0 aromatic heterocycles. The lowest BCUT2D eigenvalue weighted by Crippen LogP contribution is -2.24. The maximum absolute atomic E-state index is 5.89. The van der Waals surface area contributed by atoms with Crippen molar-refractivity contribution < 1.29 is 4.74 Å². The average molecular weight is 255 g/mol. The Bertz CT molecular complexity index is 536. The van der Waals surface area contributed by atoms with E-state index in [-0.39, 0.29) is 6.04 Å². The number of benzene rings is 2. The van der Waals surface area contributed by atoms with E-state index in [4.69, 9.17) is 4.74 Å². The molecule has 19 heavy (non-hydrogen) atoms. The molecule has 0 bridgehead atoms. The van der Waals surface area contributed by atoms with Crippen LogP contribution < -0.4 is 10.1 Å². The molecule has 2 heteroatoms. The summed E-state index contributed by atoms with van der Waals surface area (Å²) in [6.07, 6.45) is 0. The molecule has 2 aromatic carbocycles. The van der Waals surface area contributed by atoms with Gasteiger partial charge < -0.3 is 10.1 Å². The Morgan fingerprint density at radius 3 is 2.53 bits per heavy atom. The highest BCUT2D eigenvalue weighted by Crippen LogP contribution is 2.19. The van der Waals surface area contributed by atoms with Gasteiger partial charge in [-0.1, -0.05) is 36.4 Å². The van der Waals surface area contributed by atoms with Crippen LogP contribution in [0.3, 0.4) is 0 Å². The van der Waals surface area contributed by atoms with Crippen molar-refractivity contribution in [1.82, 2.24) is 5.32 Å². The highest BCUT2D eigenvalue weighted by molar-refractivity contribution is 5.30. The summed E-state index contributed by atoms with van der Waals surface area (Å²) in [6, 6.07) is 16.8. The van der Waals surface area contributed by atoms with Gasteiger partial charge in [0, 0.05) is 0 Å². The van der Waals surface area contributed by atoms with E-state index in [2.05, 4.69) is 55.6 Å². The van der Waals surface area contributed by atoms with Crippen LogP contribution in [0.25, 0.3) is 0 Å². The summed E-state index contributed by atoms with van der Waals surface area (Å²) >= 11 is 0. The Labute approximate surface area is 115 Å². The minimum Gasteiger partial charge on any atom is -0.492 e. The largest absolute Gasteiger partial charge is 0.492 e. The molecule has 0 saturated carbocycles. The van der Waals surface area contributed by atoms with Crippen molar-refractivity contribution in [2.75, 3.05) is 13.7 Å². The van der Waals surface area contributed by atoms with Crippen LogP contribution in [0, 0.1) is 13.8 Å². The molecule has 0 aliphatic rings. The van der Waals surface area contributed by atoms with Gasteiger partial charge in [0.05, 0.1) is 6.04 Å². The molecule has 0 aliphatic carbocycles. The molecule has 0 fully saturated rings. The molecular weight excluding hydrogens is 234 g/mol. The maximum atomic E-state index is 5.89. The Hall–Kier alpha value is -1.80. The first-order valence-electron chi connectivity index (χ1n) is 6.63. The smallest absolute Gasteiger partial charge is 0.119 e. The van der Waals surface area contributed by atoms with Crippen LogP contribution in [-0.4, -0.2) is 13.7 Å². The Morgan fingerprint density at radius 2 is 1.84 bits per heavy atom. The fourth-order valence-electron chi connectivity index (χ4n) is 2.19. The van der Waals surface area contributed by atoms with E-state index in [9.17, 15) is 0 Å². The molecule has 0 amide bonds. The summed E-state index contributed by atoms with van der Waals surface area (Å²) < 4.78 is 5.89. The Kier molecular flexibility index (Phi) is 4.58. The Balaban J connectivity index is 2.06. The lowest BCUT2D eigenvalue weighted by molar-refractivity contribution is 0.272. The van der Waals surface area contributed by atoms with Crippen molar-refractivity contribution >= 4 is 0 Å². The lowest BCUT2D eigenvalue weighted by Gasteiger charge is -2.19. The molecule has 1 atom stereocenters. The van der Waals surface area contributed by atoms with Crippen molar-refractivity contribution in [3.63, 3.8) is 0 Å². The van der Waals surface area contributed by atoms with Crippen LogP contribution in [0.15, 0.2) is 48.5 Å².